The first kappa shape index (κ1) is 14.3. The van der Waals surface area contributed by atoms with E-state index < -0.39 is 5.97 Å². The van der Waals surface area contributed by atoms with Gasteiger partial charge in [-0.05, 0) is 18.6 Å². The average Bonchev–Trinajstić information content (AvgIpc) is 2.47. The van der Waals surface area contributed by atoms with Crippen molar-refractivity contribution in [2.75, 3.05) is 7.11 Å². The Morgan fingerprint density at radius 1 is 1.43 bits per heavy atom. The van der Waals surface area contributed by atoms with Crippen LogP contribution in [-0.4, -0.2) is 13.1 Å². The Bertz CT molecular complexity index is 857. The molecule has 0 spiro atoms. The minimum absolute atomic E-state index is 0.124. The van der Waals surface area contributed by atoms with Crippen LogP contribution in [0.15, 0.2) is 34.3 Å². The van der Waals surface area contributed by atoms with E-state index in [-0.39, 0.29) is 22.4 Å². The third kappa shape index (κ3) is 2.37. The number of aryl methyl sites for hydroxylation is 1. The van der Waals surface area contributed by atoms with Gasteiger partial charge in [0.05, 0.1) is 18.4 Å². The number of esters is 1. The van der Waals surface area contributed by atoms with Crippen molar-refractivity contribution in [1.29, 1.82) is 10.7 Å². The first-order chi connectivity index (χ1) is 10.0. The van der Waals surface area contributed by atoms with Gasteiger partial charge in [0.15, 0.2) is 5.57 Å². The van der Waals surface area contributed by atoms with Crippen LogP contribution in [0.2, 0.25) is 0 Å². The van der Waals surface area contributed by atoms with Crippen molar-refractivity contribution in [2.24, 2.45) is 5.73 Å². The van der Waals surface area contributed by atoms with Crippen LogP contribution in [-0.2, 0) is 9.53 Å². The minimum Gasteiger partial charge on any atom is -0.465 e. The summed E-state index contributed by atoms with van der Waals surface area (Å²) in [5, 5.41) is 17.8. The highest BCUT2D eigenvalue weighted by Gasteiger charge is 2.19. The molecular formula is C15H13N3O3. The number of rotatable bonds is 2. The van der Waals surface area contributed by atoms with Crippen molar-refractivity contribution in [3.63, 3.8) is 0 Å². The van der Waals surface area contributed by atoms with Crippen LogP contribution in [0.4, 0.5) is 0 Å². The summed E-state index contributed by atoms with van der Waals surface area (Å²) in [4.78, 5) is 11.6. The molecular weight excluding hydrogens is 270 g/mol. The highest BCUT2D eigenvalue weighted by molar-refractivity contribution is 6.01. The molecule has 0 fully saturated rings. The van der Waals surface area contributed by atoms with Crippen LogP contribution in [0.5, 0.6) is 0 Å². The molecule has 0 atom stereocenters. The van der Waals surface area contributed by atoms with Gasteiger partial charge in [-0.25, -0.2) is 4.79 Å². The van der Waals surface area contributed by atoms with E-state index in [9.17, 15) is 4.79 Å². The molecule has 0 saturated carbocycles. The number of hydrogen-bond donors (Lipinski definition) is 2. The molecule has 0 amide bonds. The van der Waals surface area contributed by atoms with Gasteiger partial charge in [-0.2, -0.15) is 5.26 Å². The zero-order valence-electron chi connectivity index (χ0n) is 11.6. The monoisotopic (exact) mass is 283 g/mol. The van der Waals surface area contributed by atoms with Crippen LogP contribution in [0.1, 0.15) is 11.1 Å². The minimum atomic E-state index is -0.845. The number of carbonyl (C=O) groups excluding carboxylic acids is 1. The number of ether oxygens (including phenoxy) is 1. The molecule has 6 nitrogen and oxygen atoms in total. The zero-order chi connectivity index (χ0) is 15.6. The number of nitriles is 1. The number of fused-ring (bicyclic) bond motifs is 1. The molecule has 6 heteroatoms. The van der Waals surface area contributed by atoms with E-state index >= 15 is 0 Å². The predicted octanol–water partition coefficient (Wildman–Crippen LogP) is 1.59. The number of carbonyl (C=O) groups is 1. The van der Waals surface area contributed by atoms with Gasteiger partial charge < -0.3 is 14.9 Å². The maximum absolute atomic E-state index is 11.6. The van der Waals surface area contributed by atoms with Gasteiger partial charge in [-0.3, -0.25) is 5.41 Å². The Morgan fingerprint density at radius 3 is 2.71 bits per heavy atom. The van der Waals surface area contributed by atoms with Crippen LogP contribution in [0.3, 0.4) is 0 Å². The van der Waals surface area contributed by atoms with Gasteiger partial charge in [0.25, 0.3) is 0 Å². The van der Waals surface area contributed by atoms with Crippen LogP contribution >= 0.6 is 0 Å². The molecule has 1 aromatic heterocycles. The highest BCUT2D eigenvalue weighted by Crippen LogP contribution is 2.23. The lowest BCUT2D eigenvalue weighted by Gasteiger charge is -2.10. The average molecular weight is 283 g/mol. The molecule has 0 radical (unpaired) electrons. The Kier molecular flexibility index (Phi) is 3.76. The summed E-state index contributed by atoms with van der Waals surface area (Å²) in [5.41, 5.74) is 6.63. The quantitative estimate of drug-likeness (QED) is 0.493. The Morgan fingerprint density at radius 2 is 2.10 bits per heavy atom. The lowest BCUT2D eigenvalue weighted by molar-refractivity contribution is -0.135. The fraction of sp³-hybridized carbons (Fsp3) is 0.133. The SMILES string of the molecule is COC(=O)/C(C#N)=C(/N)c1c(C)c2ccccc2oc1=N. The molecule has 0 unspecified atom stereocenters. The van der Waals surface area contributed by atoms with Gasteiger partial charge in [0.2, 0.25) is 5.55 Å². The van der Waals surface area contributed by atoms with E-state index in [1.807, 2.05) is 12.1 Å². The summed E-state index contributed by atoms with van der Waals surface area (Å²) in [6.07, 6.45) is 0. The maximum Gasteiger partial charge on any atom is 0.350 e. The summed E-state index contributed by atoms with van der Waals surface area (Å²) in [5.74, 6) is -0.845. The summed E-state index contributed by atoms with van der Waals surface area (Å²) in [6.45, 7) is 1.75. The molecule has 21 heavy (non-hydrogen) atoms. The number of nitrogens with two attached hydrogens (primary N) is 1. The third-order valence-corrected chi connectivity index (χ3v) is 3.15. The van der Waals surface area contributed by atoms with Crippen molar-refractivity contribution in [1.82, 2.24) is 0 Å². The van der Waals surface area contributed by atoms with Gasteiger partial charge in [0, 0.05) is 5.39 Å². The van der Waals surface area contributed by atoms with Crippen LogP contribution in [0, 0.1) is 23.7 Å². The maximum atomic E-state index is 11.6. The zero-order valence-corrected chi connectivity index (χ0v) is 11.6. The molecule has 2 rings (SSSR count). The first-order valence-electron chi connectivity index (χ1n) is 6.06. The molecule has 2 aromatic rings. The fourth-order valence-corrected chi connectivity index (χ4v) is 2.10. The van der Waals surface area contributed by atoms with E-state index in [1.165, 1.54) is 0 Å². The van der Waals surface area contributed by atoms with Crippen LogP contribution < -0.4 is 11.3 Å². The summed E-state index contributed by atoms with van der Waals surface area (Å²) in [7, 11) is 1.16. The number of nitrogens with one attached hydrogen (secondary N) is 1. The van der Waals surface area contributed by atoms with Crippen molar-refractivity contribution < 1.29 is 13.9 Å². The second-order valence-corrected chi connectivity index (χ2v) is 4.32. The summed E-state index contributed by atoms with van der Waals surface area (Å²) in [6, 6.07) is 8.87. The van der Waals surface area contributed by atoms with Crippen molar-refractivity contribution in [3.8, 4) is 6.07 Å². The Hall–Kier alpha value is -3.07. The van der Waals surface area contributed by atoms with Crippen molar-refractivity contribution in [2.45, 2.75) is 6.92 Å². The lowest BCUT2D eigenvalue weighted by Crippen LogP contribution is -2.18. The molecule has 0 bridgehead atoms. The smallest absolute Gasteiger partial charge is 0.350 e. The normalized spacial score (nSPS) is 11.7. The van der Waals surface area contributed by atoms with Gasteiger partial charge in [-0.1, -0.05) is 18.2 Å². The summed E-state index contributed by atoms with van der Waals surface area (Å²) < 4.78 is 9.92. The Labute approximate surface area is 120 Å². The molecule has 0 aliphatic carbocycles. The van der Waals surface area contributed by atoms with Gasteiger partial charge in [0.1, 0.15) is 11.7 Å². The van der Waals surface area contributed by atoms with Gasteiger partial charge >= 0.3 is 5.97 Å². The molecule has 3 N–H and O–H groups in total. The highest BCUT2D eigenvalue weighted by atomic mass is 16.5. The summed E-state index contributed by atoms with van der Waals surface area (Å²) >= 11 is 0. The topological polar surface area (TPSA) is 113 Å². The van der Waals surface area contributed by atoms with E-state index in [0.717, 1.165) is 12.5 Å². The van der Waals surface area contributed by atoms with Crippen molar-refractivity contribution in [3.05, 3.63) is 46.5 Å². The van der Waals surface area contributed by atoms with E-state index in [1.54, 1.807) is 25.1 Å². The van der Waals surface area contributed by atoms with E-state index in [4.69, 9.17) is 20.8 Å². The van der Waals surface area contributed by atoms with Gasteiger partial charge in [-0.15, -0.1) is 0 Å². The first-order valence-corrected chi connectivity index (χ1v) is 6.06. The van der Waals surface area contributed by atoms with E-state index in [0.29, 0.717) is 11.1 Å². The number of methoxy groups -OCH3 is 1. The second-order valence-electron chi connectivity index (χ2n) is 4.32. The third-order valence-electron chi connectivity index (χ3n) is 3.15. The molecule has 106 valence electrons. The second kappa shape index (κ2) is 5.51. The molecule has 0 aliphatic heterocycles. The predicted molar refractivity (Wildman–Crippen MR) is 75.5 cm³/mol. The van der Waals surface area contributed by atoms with E-state index in [2.05, 4.69) is 4.74 Å². The number of nitrogens with zero attached hydrogens (tertiary/aromatic N) is 1. The molecule has 1 heterocycles. The largest absolute Gasteiger partial charge is 0.465 e. The molecule has 0 aliphatic rings. The molecule has 1 aromatic carbocycles. The fourth-order valence-electron chi connectivity index (χ4n) is 2.10. The number of hydrogen-bond acceptors (Lipinski definition) is 6. The Balaban J connectivity index is 2.84. The number of benzene rings is 1. The van der Waals surface area contributed by atoms with Crippen LogP contribution in [0.25, 0.3) is 16.7 Å². The number of para-hydroxylation sites is 1. The van der Waals surface area contributed by atoms with Crippen molar-refractivity contribution >= 4 is 22.6 Å². The standard InChI is InChI=1S/C15H13N3O3/c1-8-9-5-3-4-6-11(9)21-14(18)12(8)13(17)10(7-16)15(19)20-2/h3-6,18H,17H2,1-2H3/b13-10+,18-14?. The lowest BCUT2D eigenvalue weighted by atomic mass is 10.0. The molecule has 0 saturated heterocycles.